The van der Waals surface area contributed by atoms with Crippen molar-refractivity contribution in [2.24, 2.45) is 0 Å². The van der Waals surface area contributed by atoms with Crippen LogP contribution in [-0.4, -0.2) is 35.9 Å². The van der Waals surface area contributed by atoms with Crippen LogP contribution in [0, 0.1) is 0 Å². The summed E-state index contributed by atoms with van der Waals surface area (Å²) in [5.41, 5.74) is 2.83. The van der Waals surface area contributed by atoms with E-state index in [9.17, 15) is 9.59 Å². The maximum atomic E-state index is 13.6. The largest absolute Gasteiger partial charge is 0.497 e. The molecule has 0 fully saturated rings. The number of ether oxygens (including phenoxy) is 1. The van der Waals surface area contributed by atoms with Crippen LogP contribution in [0.1, 0.15) is 30.5 Å². The first kappa shape index (κ1) is 24.1. The van der Waals surface area contributed by atoms with E-state index in [4.69, 9.17) is 4.74 Å². The molecule has 5 nitrogen and oxygen atoms in total. The monoisotopic (exact) mass is 444 g/mol. The van der Waals surface area contributed by atoms with E-state index in [-0.39, 0.29) is 24.3 Å². The molecule has 1 atom stereocenters. The highest BCUT2D eigenvalue weighted by molar-refractivity contribution is 5.89. The van der Waals surface area contributed by atoms with E-state index in [2.05, 4.69) is 5.32 Å². The Morgan fingerprint density at radius 2 is 1.45 bits per heavy atom. The standard InChI is InChI=1S/C28H32N2O3/c1-21(2)29-28(32)26(18-22-11-6-4-7-12-22)30(20-24-15-10-16-25(17-24)33-3)27(31)19-23-13-8-5-9-14-23/h4-17,21,26H,18-20H2,1-3H3,(H,29,32)/t26-/m1/s1. The Kier molecular flexibility index (Phi) is 8.64. The number of carbonyl (C=O) groups is 2. The van der Waals surface area contributed by atoms with Crippen molar-refractivity contribution in [1.29, 1.82) is 0 Å². The second-order valence-electron chi connectivity index (χ2n) is 8.40. The smallest absolute Gasteiger partial charge is 0.243 e. The van der Waals surface area contributed by atoms with Gasteiger partial charge in [0.15, 0.2) is 0 Å². The topological polar surface area (TPSA) is 58.6 Å². The summed E-state index contributed by atoms with van der Waals surface area (Å²) in [5, 5.41) is 3.01. The van der Waals surface area contributed by atoms with Crippen LogP contribution in [0.2, 0.25) is 0 Å². The predicted molar refractivity (Wildman–Crippen MR) is 131 cm³/mol. The fourth-order valence-electron chi connectivity index (χ4n) is 3.77. The van der Waals surface area contributed by atoms with E-state index in [0.717, 1.165) is 16.7 Å². The van der Waals surface area contributed by atoms with Crippen molar-refractivity contribution < 1.29 is 14.3 Å². The molecule has 5 heteroatoms. The van der Waals surface area contributed by atoms with Gasteiger partial charge in [-0.2, -0.15) is 0 Å². The second kappa shape index (κ2) is 11.9. The SMILES string of the molecule is COc1cccc(CN(C(=O)Cc2ccccc2)[C@H](Cc2ccccc2)C(=O)NC(C)C)c1. The number of carbonyl (C=O) groups excluding carboxylic acids is 2. The highest BCUT2D eigenvalue weighted by atomic mass is 16.5. The Balaban J connectivity index is 1.97. The van der Waals surface area contributed by atoms with Crippen molar-refractivity contribution >= 4 is 11.8 Å². The fraction of sp³-hybridized carbons (Fsp3) is 0.286. The molecule has 0 aliphatic heterocycles. The van der Waals surface area contributed by atoms with Crippen LogP contribution in [-0.2, 0) is 29.0 Å². The zero-order chi connectivity index (χ0) is 23.6. The third-order valence-electron chi connectivity index (χ3n) is 5.39. The summed E-state index contributed by atoms with van der Waals surface area (Å²) in [6.07, 6.45) is 0.662. The lowest BCUT2D eigenvalue weighted by Crippen LogP contribution is -2.52. The van der Waals surface area contributed by atoms with Crippen LogP contribution in [0.25, 0.3) is 0 Å². The van der Waals surface area contributed by atoms with Gasteiger partial charge in [0, 0.05) is 19.0 Å². The Bertz CT molecular complexity index is 1040. The molecule has 0 bridgehead atoms. The minimum absolute atomic E-state index is 0.0290. The van der Waals surface area contributed by atoms with Gasteiger partial charge in [-0.05, 0) is 42.7 Å². The highest BCUT2D eigenvalue weighted by Gasteiger charge is 2.30. The molecule has 3 rings (SSSR count). The molecule has 0 aliphatic carbocycles. The van der Waals surface area contributed by atoms with Gasteiger partial charge >= 0.3 is 0 Å². The molecule has 33 heavy (non-hydrogen) atoms. The molecule has 172 valence electrons. The number of benzene rings is 3. The minimum atomic E-state index is -0.641. The fourth-order valence-corrected chi connectivity index (χ4v) is 3.77. The first-order valence-corrected chi connectivity index (χ1v) is 11.3. The molecule has 0 aliphatic rings. The summed E-state index contributed by atoms with van der Waals surface area (Å²) in [7, 11) is 1.62. The van der Waals surface area contributed by atoms with Crippen LogP contribution < -0.4 is 10.1 Å². The lowest BCUT2D eigenvalue weighted by molar-refractivity contribution is -0.141. The number of rotatable bonds is 10. The van der Waals surface area contributed by atoms with Crippen molar-refractivity contribution in [1.82, 2.24) is 10.2 Å². The van der Waals surface area contributed by atoms with Gasteiger partial charge in [-0.25, -0.2) is 0 Å². The first-order valence-electron chi connectivity index (χ1n) is 11.3. The Hall–Kier alpha value is -3.60. The third-order valence-corrected chi connectivity index (χ3v) is 5.39. The summed E-state index contributed by atoms with van der Waals surface area (Å²) in [5.74, 6) is 0.469. The van der Waals surface area contributed by atoms with Gasteiger partial charge in [0.2, 0.25) is 11.8 Å². The second-order valence-corrected chi connectivity index (χ2v) is 8.40. The van der Waals surface area contributed by atoms with Gasteiger partial charge in [-0.3, -0.25) is 9.59 Å². The van der Waals surface area contributed by atoms with Crippen molar-refractivity contribution in [3.05, 3.63) is 102 Å². The summed E-state index contributed by atoms with van der Waals surface area (Å²) in [6, 6.07) is 26.4. The molecular formula is C28H32N2O3. The molecule has 0 heterocycles. The molecule has 0 spiro atoms. The number of hydrogen-bond donors (Lipinski definition) is 1. The Morgan fingerprint density at radius 1 is 0.848 bits per heavy atom. The van der Waals surface area contributed by atoms with Crippen LogP contribution in [0.5, 0.6) is 5.75 Å². The number of amides is 2. The van der Waals surface area contributed by atoms with Crippen LogP contribution in [0.3, 0.4) is 0 Å². The summed E-state index contributed by atoms with van der Waals surface area (Å²) >= 11 is 0. The molecule has 0 aromatic heterocycles. The predicted octanol–water partition coefficient (Wildman–Crippen LogP) is 4.40. The van der Waals surface area contributed by atoms with Gasteiger partial charge in [-0.15, -0.1) is 0 Å². The third kappa shape index (κ3) is 7.21. The normalized spacial score (nSPS) is 11.6. The Labute approximate surface area is 196 Å². The van der Waals surface area contributed by atoms with Crippen molar-refractivity contribution in [3.8, 4) is 5.75 Å². The number of methoxy groups -OCH3 is 1. The van der Waals surface area contributed by atoms with Crippen molar-refractivity contribution in [3.63, 3.8) is 0 Å². The molecule has 3 aromatic carbocycles. The first-order chi connectivity index (χ1) is 16.0. The molecule has 0 saturated carbocycles. The van der Waals surface area contributed by atoms with E-state index < -0.39 is 6.04 Å². The van der Waals surface area contributed by atoms with Gasteiger partial charge < -0.3 is 15.0 Å². The van der Waals surface area contributed by atoms with E-state index in [1.165, 1.54) is 0 Å². The molecule has 2 amide bonds. The highest BCUT2D eigenvalue weighted by Crippen LogP contribution is 2.19. The molecule has 0 unspecified atom stereocenters. The lowest BCUT2D eigenvalue weighted by Gasteiger charge is -2.32. The summed E-state index contributed by atoms with van der Waals surface area (Å²) in [6.45, 7) is 4.16. The van der Waals surface area contributed by atoms with Crippen LogP contribution in [0.15, 0.2) is 84.9 Å². The number of hydrogen-bond acceptors (Lipinski definition) is 3. The minimum Gasteiger partial charge on any atom is -0.497 e. The van der Waals surface area contributed by atoms with E-state index in [1.807, 2.05) is 98.8 Å². The summed E-state index contributed by atoms with van der Waals surface area (Å²) < 4.78 is 5.37. The van der Waals surface area contributed by atoms with Gasteiger partial charge in [0.25, 0.3) is 0 Å². The average Bonchev–Trinajstić information content (AvgIpc) is 2.82. The maximum Gasteiger partial charge on any atom is 0.243 e. The number of nitrogens with zero attached hydrogens (tertiary/aromatic N) is 1. The van der Waals surface area contributed by atoms with E-state index >= 15 is 0 Å². The molecule has 1 N–H and O–H groups in total. The van der Waals surface area contributed by atoms with Gasteiger partial charge in [0.05, 0.1) is 13.5 Å². The maximum absolute atomic E-state index is 13.6. The quantitative estimate of drug-likeness (QED) is 0.504. The van der Waals surface area contributed by atoms with Gasteiger partial charge in [-0.1, -0.05) is 72.8 Å². The zero-order valence-electron chi connectivity index (χ0n) is 19.5. The molecule has 0 radical (unpaired) electrons. The van der Waals surface area contributed by atoms with Crippen molar-refractivity contribution in [2.45, 2.75) is 45.3 Å². The summed E-state index contributed by atoms with van der Waals surface area (Å²) in [4.78, 5) is 28.6. The molecular weight excluding hydrogens is 412 g/mol. The van der Waals surface area contributed by atoms with E-state index in [1.54, 1.807) is 12.0 Å². The molecule has 0 saturated heterocycles. The van der Waals surface area contributed by atoms with Crippen molar-refractivity contribution in [2.75, 3.05) is 7.11 Å². The average molecular weight is 445 g/mol. The number of nitrogens with one attached hydrogen (secondary N) is 1. The van der Waals surface area contributed by atoms with Crippen LogP contribution in [0.4, 0.5) is 0 Å². The molecule has 3 aromatic rings. The van der Waals surface area contributed by atoms with Gasteiger partial charge in [0.1, 0.15) is 11.8 Å². The zero-order valence-corrected chi connectivity index (χ0v) is 19.5. The Morgan fingerprint density at radius 3 is 2.06 bits per heavy atom. The van der Waals surface area contributed by atoms with E-state index in [0.29, 0.717) is 18.7 Å². The van der Waals surface area contributed by atoms with Crippen LogP contribution >= 0.6 is 0 Å². The lowest BCUT2D eigenvalue weighted by atomic mass is 10.0.